The first-order chi connectivity index (χ1) is 10.8. The Balaban J connectivity index is 3.04. The lowest BCUT2D eigenvalue weighted by molar-refractivity contribution is -0.547. The van der Waals surface area contributed by atoms with Crippen molar-refractivity contribution >= 4 is 11.8 Å². The number of ether oxygens (including phenoxy) is 1. The number of rotatable bonds is 9. The zero-order chi connectivity index (χ0) is 17.5. The molecule has 0 amide bonds. The van der Waals surface area contributed by atoms with E-state index in [4.69, 9.17) is 4.74 Å². The first kappa shape index (κ1) is 18.8. The summed E-state index contributed by atoms with van der Waals surface area (Å²) < 4.78 is 5.19. The van der Waals surface area contributed by atoms with E-state index in [1.165, 1.54) is 13.8 Å². The fourth-order valence-electron chi connectivity index (χ4n) is 2.46. The molecule has 0 aromatic heterocycles. The van der Waals surface area contributed by atoms with Crippen LogP contribution in [0.3, 0.4) is 0 Å². The standard InChI is InChI=1S/C17H23NO5/c1-4-5-11-15(23-13(2)19)12-17(3,18(21)22)16(20)14-9-7-6-8-10-14/h6-10,15H,4-5,11-12H2,1-3H3/t15-,17-/m0/s1. The third-order valence-corrected chi connectivity index (χ3v) is 3.77. The summed E-state index contributed by atoms with van der Waals surface area (Å²) in [6.45, 7) is 4.54. The molecule has 0 saturated carbocycles. The Bertz CT molecular complexity index is 557. The number of esters is 1. The SMILES string of the molecule is CCCC[C@@H](C[C@@](C)(C(=O)c1ccccc1)[N+](=O)[O-])OC(C)=O. The average Bonchev–Trinajstić information content (AvgIpc) is 2.51. The summed E-state index contributed by atoms with van der Waals surface area (Å²) in [7, 11) is 0. The molecule has 2 atom stereocenters. The lowest BCUT2D eigenvalue weighted by Crippen LogP contribution is -2.46. The highest BCUT2D eigenvalue weighted by Crippen LogP contribution is 2.26. The van der Waals surface area contributed by atoms with Gasteiger partial charge in [-0.2, -0.15) is 0 Å². The van der Waals surface area contributed by atoms with Crippen LogP contribution >= 0.6 is 0 Å². The maximum absolute atomic E-state index is 12.6. The molecule has 0 spiro atoms. The van der Waals surface area contributed by atoms with Gasteiger partial charge in [0.1, 0.15) is 6.10 Å². The lowest BCUT2D eigenvalue weighted by Gasteiger charge is -2.25. The number of hydrogen-bond donors (Lipinski definition) is 0. The smallest absolute Gasteiger partial charge is 0.302 e. The molecular formula is C17H23NO5. The second-order valence-electron chi connectivity index (χ2n) is 5.80. The van der Waals surface area contributed by atoms with Crippen LogP contribution in [0.4, 0.5) is 0 Å². The van der Waals surface area contributed by atoms with Gasteiger partial charge in [0.2, 0.25) is 5.78 Å². The van der Waals surface area contributed by atoms with Crippen LogP contribution in [-0.2, 0) is 9.53 Å². The molecule has 0 aliphatic rings. The normalized spacial score (nSPS) is 14.6. The first-order valence-electron chi connectivity index (χ1n) is 7.72. The van der Waals surface area contributed by atoms with Crippen molar-refractivity contribution in [3.05, 3.63) is 46.0 Å². The molecule has 23 heavy (non-hydrogen) atoms. The van der Waals surface area contributed by atoms with Crippen molar-refractivity contribution in [3.63, 3.8) is 0 Å². The van der Waals surface area contributed by atoms with Crippen molar-refractivity contribution in [2.75, 3.05) is 0 Å². The van der Waals surface area contributed by atoms with Crippen LogP contribution in [0.1, 0.15) is 56.8 Å². The summed E-state index contributed by atoms with van der Waals surface area (Å²) in [6.07, 6.45) is 1.37. The van der Waals surface area contributed by atoms with Gasteiger partial charge in [-0.1, -0.05) is 50.1 Å². The fraction of sp³-hybridized carbons (Fsp3) is 0.529. The first-order valence-corrected chi connectivity index (χ1v) is 7.72. The van der Waals surface area contributed by atoms with Gasteiger partial charge in [-0.05, 0) is 6.42 Å². The van der Waals surface area contributed by atoms with E-state index < -0.39 is 28.3 Å². The van der Waals surface area contributed by atoms with Gasteiger partial charge in [0, 0.05) is 24.3 Å². The Morgan fingerprint density at radius 2 is 1.91 bits per heavy atom. The summed E-state index contributed by atoms with van der Waals surface area (Å²) in [5.74, 6) is -1.07. The monoisotopic (exact) mass is 321 g/mol. The third-order valence-electron chi connectivity index (χ3n) is 3.77. The minimum atomic E-state index is -1.82. The topological polar surface area (TPSA) is 86.5 Å². The highest BCUT2D eigenvalue weighted by Gasteiger charge is 2.48. The second-order valence-corrected chi connectivity index (χ2v) is 5.80. The predicted octanol–water partition coefficient (Wildman–Crippen LogP) is 3.42. The van der Waals surface area contributed by atoms with E-state index in [-0.39, 0.29) is 12.0 Å². The van der Waals surface area contributed by atoms with Crippen molar-refractivity contribution in [2.45, 2.75) is 58.1 Å². The van der Waals surface area contributed by atoms with Crippen molar-refractivity contribution in [3.8, 4) is 0 Å². The van der Waals surface area contributed by atoms with Crippen molar-refractivity contribution in [1.29, 1.82) is 0 Å². The van der Waals surface area contributed by atoms with E-state index in [2.05, 4.69) is 0 Å². The van der Waals surface area contributed by atoms with E-state index in [0.717, 1.165) is 12.8 Å². The van der Waals surface area contributed by atoms with E-state index in [1.54, 1.807) is 30.3 Å². The zero-order valence-corrected chi connectivity index (χ0v) is 13.8. The molecule has 0 bridgehead atoms. The van der Waals surface area contributed by atoms with Gasteiger partial charge in [-0.3, -0.25) is 19.7 Å². The van der Waals surface area contributed by atoms with Crippen LogP contribution in [0.15, 0.2) is 30.3 Å². The Hall–Kier alpha value is -2.24. The van der Waals surface area contributed by atoms with Crippen molar-refractivity contribution < 1.29 is 19.2 Å². The molecule has 0 radical (unpaired) electrons. The van der Waals surface area contributed by atoms with Crippen LogP contribution in [0, 0.1) is 10.1 Å². The number of unbranched alkanes of at least 4 members (excludes halogenated alkanes) is 1. The number of ketones is 1. The molecule has 0 saturated heterocycles. The molecule has 0 fully saturated rings. The van der Waals surface area contributed by atoms with E-state index in [0.29, 0.717) is 6.42 Å². The number of carbonyl (C=O) groups excluding carboxylic acids is 2. The van der Waals surface area contributed by atoms with Gasteiger partial charge in [0.15, 0.2) is 0 Å². The molecule has 1 aromatic carbocycles. The third kappa shape index (κ3) is 5.16. The predicted molar refractivity (Wildman–Crippen MR) is 85.9 cm³/mol. The molecule has 6 heteroatoms. The molecule has 0 unspecified atom stereocenters. The number of nitro groups is 1. The van der Waals surface area contributed by atoms with Crippen LogP contribution in [0.2, 0.25) is 0 Å². The summed E-state index contributed by atoms with van der Waals surface area (Å²) >= 11 is 0. The minimum Gasteiger partial charge on any atom is -0.462 e. The minimum absolute atomic E-state index is 0.132. The molecule has 6 nitrogen and oxygen atoms in total. The van der Waals surface area contributed by atoms with Gasteiger partial charge in [0.05, 0.1) is 6.42 Å². The van der Waals surface area contributed by atoms with Crippen molar-refractivity contribution in [2.24, 2.45) is 0 Å². The zero-order valence-electron chi connectivity index (χ0n) is 13.8. The number of hydrogen-bond acceptors (Lipinski definition) is 5. The quantitative estimate of drug-likeness (QED) is 0.301. The summed E-state index contributed by atoms with van der Waals surface area (Å²) in [5, 5.41) is 11.6. The number of carbonyl (C=O) groups is 2. The van der Waals surface area contributed by atoms with Crippen LogP contribution in [0.25, 0.3) is 0 Å². The highest BCUT2D eigenvalue weighted by atomic mass is 16.6. The van der Waals surface area contributed by atoms with Gasteiger partial charge >= 0.3 is 5.97 Å². The van der Waals surface area contributed by atoms with Gasteiger partial charge < -0.3 is 4.74 Å². The van der Waals surface area contributed by atoms with E-state index >= 15 is 0 Å². The van der Waals surface area contributed by atoms with E-state index in [1.807, 2.05) is 6.92 Å². The molecule has 1 aromatic rings. The largest absolute Gasteiger partial charge is 0.462 e. The summed E-state index contributed by atoms with van der Waals surface area (Å²) in [6, 6.07) is 8.17. The summed E-state index contributed by atoms with van der Waals surface area (Å²) in [5.41, 5.74) is -1.54. The molecule has 0 aliphatic carbocycles. The van der Waals surface area contributed by atoms with Crippen molar-refractivity contribution in [1.82, 2.24) is 0 Å². The highest BCUT2D eigenvalue weighted by molar-refractivity contribution is 6.02. The fourth-order valence-corrected chi connectivity index (χ4v) is 2.46. The average molecular weight is 321 g/mol. The van der Waals surface area contributed by atoms with Gasteiger partial charge in [-0.15, -0.1) is 0 Å². The maximum Gasteiger partial charge on any atom is 0.302 e. The number of Topliss-reactive ketones (excluding diaryl/α,β-unsaturated/α-hetero) is 1. The Morgan fingerprint density at radius 3 is 2.39 bits per heavy atom. The van der Waals surface area contributed by atoms with Crippen LogP contribution in [-0.4, -0.2) is 28.3 Å². The van der Waals surface area contributed by atoms with Crippen LogP contribution < -0.4 is 0 Å². The molecule has 126 valence electrons. The molecule has 0 aliphatic heterocycles. The molecule has 0 N–H and O–H groups in total. The summed E-state index contributed by atoms with van der Waals surface area (Å²) in [4.78, 5) is 34.9. The molecule has 1 rings (SSSR count). The van der Waals surface area contributed by atoms with E-state index in [9.17, 15) is 19.7 Å². The van der Waals surface area contributed by atoms with Gasteiger partial charge in [-0.25, -0.2) is 0 Å². The van der Waals surface area contributed by atoms with Gasteiger partial charge in [0.25, 0.3) is 5.54 Å². The lowest BCUT2D eigenvalue weighted by atomic mass is 9.85. The maximum atomic E-state index is 12.6. The second kappa shape index (κ2) is 8.41. The Labute approximate surface area is 136 Å². The Kier molecular flexibility index (Phi) is 6.88. The Morgan fingerprint density at radius 1 is 1.30 bits per heavy atom. The van der Waals surface area contributed by atoms with Crippen LogP contribution in [0.5, 0.6) is 0 Å². The number of nitrogens with zero attached hydrogens (tertiary/aromatic N) is 1. The number of benzene rings is 1. The molecule has 0 heterocycles. The molecular weight excluding hydrogens is 298 g/mol.